The number of ether oxygens (including phenoxy) is 1. The molecule has 1 saturated heterocycles. The van der Waals surface area contributed by atoms with Gasteiger partial charge in [0, 0.05) is 11.5 Å². The zero-order chi connectivity index (χ0) is 21.0. The Morgan fingerprint density at radius 1 is 1.10 bits per heavy atom. The van der Waals surface area contributed by atoms with Gasteiger partial charge in [-0.25, -0.2) is 4.79 Å². The topological polar surface area (TPSA) is 63.7 Å². The average molecular weight is 400 g/mol. The first kappa shape index (κ1) is 21.5. The monoisotopic (exact) mass is 399 g/mol. The van der Waals surface area contributed by atoms with Gasteiger partial charge in [-0.3, -0.25) is 9.59 Å². The Bertz CT molecular complexity index is 743. The lowest BCUT2D eigenvalue weighted by atomic mass is 9.84. The van der Waals surface area contributed by atoms with Crippen LogP contribution in [0.3, 0.4) is 0 Å². The lowest BCUT2D eigenvalue weighted by molar-refractivity contribution is -0.161. The Labute approximate surface area is 173 Å². The van der Waals surface area contributed by atoms with Gasteiger partial charge >= 0.3 is 5.97 Å². The van der Waals surface area contributed by atoms with Crippen LogP contribution in [0.2, 0.25) is 0 Å². The SMILES string of the molecule is CCC(C)(C)C(=O)C(=O)N1C2CCC(C2)C1C(=O)OCCCCc1ccccc1. The highest BCUT2D eigenvalue weighted by Gasteiger charge is 2.54. The molecule has 3 unspecified atom stereocenters. The van der Waals surface area contributed by atoms with Crippen LogP contribution in [0.15, 0.2) is 30.3 Å². The standard InChI is InChI=1S/C24H33NO4/c1-4-24(2,3)21(26)22(27)25-19-14-13-18(16-19)20(25)23(28)29-15-9-8-12-17-10-6-5-7-11-17/h5-7,10-11,18-20H,4,8-9,12-16H2,1-3H3. The minimum Gasteiger partial charge on any atom is -0.464 e. The van der Waals surface area contributed by atoms with E-state index in [1.807, 2.05) is 25.1 Å². The summed E-state index contributed by atoms with van der Waals surface area (Å²) in [5.41, 5.74) is 0.575. The second-order valence-electron chi connectivity index (χ2n) is 9.06. The van der Waals surface area contributed by atoms with Gasteiger partial charge in [0.25, 0.3) is 5.91 Å². The van der Waals surface area contributed by atoms with Gasteiger partial charge in [0.1, 0.15) is 6.04 Å². The molecule has 1 aromatic carbocycles. The normalized spacial score (nSPS) is 23.3. The minimum atomic E-state index is -0.704. The number of amides is 1. The lowest BCUT2D eigenvalue weighted by Gasteiger charge is -2.35. The molecular formula is C24H33NO4. The summed E-state index contributed by atoms with van der Waals surface area (Å²) in [4.78, 5) is 40.0. The van der Waals surface area contributed by atoms with E-state index in [9.17, 15) is 14.4 Å². The predicted molar refractivity (Wildman–Crippen MR) is 111 cm³/mol. The van der Waals surface area contributed by atoms with Crippen LogP contribution in [0, 0.1) is 11.3 Å². The summed E-state index contributed by atoms with van der Waals surface area (Å²) in [7, 11) is 0. The van der Waals surface area contributed by atoms with Crippen molar-refractivity contribution in [1.29, 1.82) is 0 Å². The van der Waals surface area contributed by atoms with Crippen molar-refractivity contribution in [1.82, 2.24) is 4.90 Å². The first-order valence-corrected chi connectivity index (χ1v) is 10.9. The predicted octanol–water partition coefficient (Wildman–Crippen LogP) is 3.94. The third-order valence-electron chi connectivity index (χ3n) is 6.70. The summed E-state index contributed by atoms with van der Waals surface area (Å²) in [5, 5.41) is 0. The van der Waals surface area contributed by atoms with Crippen molar-refractivity contribution >= 4 is 17.7 Å². The van der Waals surface area contributed by atoms with E-state index < -0.39 is 23.1 Å². The molecule has 1 saturated carbocycles. The van der Waals surface area contributed by atoms with Crippen LogP contribution in [0.4, 0.5) is 0 Å². The number of rotatable bonds is 9. The van der Waals surface area contributed by atoms with Crippen LogP contribution in [0.5, 0.6) is 0 Å². The van der Waals surface area contributed by atoms with Gasteiger partial charge in [-0.1, -0.05) is 51.1 Å². The number of ketones is 1. The van der Waals surface area contributed by atoms with E-state index >= 15 is 0 Å². The van der Waals surface area contributed by atoms with E-state index in [1.54, 1.807) is 18.7 Å². The van der Waals surface area contributed by atoms with Gasteiger partial charge < -0.3 is 9.64 Å². The van der Waals surface area contributed by atoms with Gasteiger partial charge in [0.2, 0.25) is 5.78 Å². The lowest BCUT2D eigenvalue weighted by Crippen LogP contribution is -2.54. The number of carbonyl (C=O) groups is 3. The molecule has 3 rings (SSSR count). The van der Waals surface area contributed by atoms with Crippen molar-refractivity contribution in [3.63, 3.8) is 0 Å². The largest absolute Gasteiger partial charge is 0.464 e. The molecule has 1 heterocycles. The zero-order valence-corrected chi connectivity index (χ0v) is 17.9. The summed E-state index contributed by atoms with van der Waals surface area (Å²) >= 11 is 0. The maximum atomic E-state index is 13.0. The molecule has 2 bridgehead atoms. The Balaban J connectivity index is 1.54. The second-order valence-corrected chi connectivity index (χ2v) is 9.06. The summed E-state index contributed by atoms with van der Waals surface area (Å²) in [5.74, 6) is -1.12. The fourth-order valence-corrected chi connectivity index (χ4v) is 4.48. The van der Waals surface area contributed by atoms with Crippen LogP contribution in [0.1, 0.15) is 64.9 Å². The van der Waals surface area contributed by atoms with Crippen LogP contribution in [-0.4, -0.2) is 41.3 Å². The third kappa shape index (κ3) is 4.71. The van der Waals surface area contributed by atoms with E-state index in [2.05, 4.69) is 12.1 Å². The number of nitrogens with zero attached hydrogens (tertiary/aromatic N) is 1. The Hall–Kier alpha value is -2.17. The van der Waals surface area contributed by atoms with Crippen molar-refractivity contribution in [2.24, 2.45) is 11.3 Å². The number of likely N-dealkylation sites (tertiary alicyclic amines) is 1. The van der Waals surface area contributed by atoms with E-state index in [0.717, 1.165) is 38.5 Å². The molecule has 2 fully saturated rings. The third-order valence-corrected chi connectivity index (χ3v) is 6.70. The smallest absolute Gasteiger partial charge is 0.329 e. The highest BCUT2D eigenvalue weighted by molar-refractivity contribution is 6.38. The molecule has 2 aliphatic rings. The Kier molecular flexibility index (Phi) is 6.76. The number of hydrogen-bond acceptors (Lipinski definition) is 4. The van der Waals surface area contributed by atoms with Crippen LogP contribution in [0.25, 0.3) is 0 Å². The van der Waals surface area contributed by atoms with Crippen LogP contribution in [-0.2, 0) is 25.5 Å². The molecule has 1 aliphatic heterocycles. The molecule has 3 atom stereocenters. The number of Topliss-reactive ketones (excluding diaryl/α,β-unsaturated/α-hetero) is 1. The first-order valence-electron chi connectivity index (χ1n) is 10.9. The molecule has 1 aromatic rings. The zero-order valence-electron chi connectivity index (χ0n) is 17.9. The highest BCUT2D eigenvalue weighted by atomic mass is 16.5. The van der Waals surface area contributed by atoms with Gasteiger partial charge in [0.15, 0.2) is 0 Å². The van der Waals surface area contributed by atoms with Crippen molar-refractivity contribution in [2.75, 3.05) is 6.61 Å². The second kappa shape index (κ2) is 9.10. The number of aryl methyl sites for hydroxylation is 1. The molecule has 158 valence electrons. The molecule has 5 nitrogen and oxygen atoms in total. The molecule has 0 spiro atoms. The van der Waals surface area contributed by atoms with Crippen molar-refractivity contribution in [3.8, 4) is 0 Å². The quantitative estimate of drug-likeness (QED) is 0.358. The molecular weight excluding hydrogens is 366 g/mol. The number of benzene rings is 1. The summed E-state index contributed by atoms with van der Waals surface area (Å²) in [6.45, 7) is 5.85. The number of unbranched alkanes of at least 4 members (excludes halogenated alkanes) is 1. The number of esters is 1. The Morgan fingerprint density at radius 2 is 1.83 bits per heavy atom. The van der Waals surface area contributed by atoms with Crippen molar-refractivity contribution in [2.45, 2.75) is 77.8 Å². The van der Waals surface area contributed by atoms with Gasteiger partial charge in [-0.15, -0.1) is 0 Å². The first-order chi connectivity index (χ1) is 13.8. The summed E-state index contributed by atoms with van der Waals surface area (Å²) in [6.07, 6.45) is 5.88. The van der Waals surface area contributed by atoms with Crippen LogP contribution >= 0.6 is 0 Å². The maximum absolute atomic E-state index is 13.0. The van der Waals surface area contributed by atoms with E-state index in [-0.39, 0.29) is 17.9 Å². The van der Waals surface area contributed by atoms with E-state index in [0.29, 0.717) is 13.0 Å². The van der Waals surface area contributed by atoms with Gasteiger partial charge in [-0.2, -0.15) is 0 Å². The fourth-order valence-electron chi connectivity index (χ4n) is 4.48. The molecule has 1 aliphatic carbocycles. The average Bonchev–Trinajstić information content (AvgIpc) is 3.34. The molecule has 0 N–H and O–H groups in total. The molecule has 29 heavy (non-hydrogen) atoms. The summed E-state index contributed by atoms with van der Waals surface area (Å²) < 4.78 is 5.54. The van der Waals surface area contributed by atoms with Crippen molar-refractivity contribution < 1.29 is 19.1 Å². The minimum absolute atomic E-state index is 0.000244. The van der Waals surface area contributed by atoms with Gasteiger partial charge in [0.05, 0.1) is 6.61 Å². The number of fused-ring (bicyclic) bond motifs is 2. The van der Waals surface area contributed by atoms with E-state index in [4.69, 9.17) is 4.74 Å². The number of hydrogen-bond donors (Lipinski definition) is 0. The number of piperidine rings is 1. The van der Waals surface area contributed by atoms with Crippen molar-refractivity contribution in [3.05, 3.63) is 35.9 Å². The van der Waals surface area contributed by atoms with Gasteiger partial charge in [-0.05, 0) is 56.4 Å². The Morgan fingerprint density at radius 3 is 2.52 bits per heavy atom. The summed E-state index contributed by atoms with van der Waals surface area (Å²) in [6, 6.07) is 9.65. The van der Waals surface area contributed by atoms with Crippen LogP contribution < -0.4 is 0 Å². The molecule has 1 amide bonds. The maximum Gasteiger partial charge on any atom is 0.329 e. The molecule has 5 heteroatoms. The number of carbonyl (C=O) groups excluding carboxylic acids is 3. The molecule has 0 radical (unpaired) electrons. The highest BCUT2D eigenvalue weighted by Crippen LogP contribution is 2.43. The fraction of sp³-hybridized carbons (Fsp3) is 0.625. The van der Waals surface area contributed by atoms with E-state index in [1.165, 1.54) is 5.56 Å². The molecule has 0 aromatic heterocycles.